The van der Waals surface area contributed by atoms with Crippen LogP contribution in [0, 0.1) is 11.8 Å². The van der Waals surface area contributed by atoms with Crippen LogP contribution in [0.1, 0.15) is 37.2 Å². The maximum Gasteiger partial charge on any atom is 0.243 e. The first kappa shape index (κ1) is 17.9. The molecule has 0 bridgehead atoms. The molecule has 1 aromatic heterocycles. The van der Waals surface area contributed by atoms with Gasteiger partial charge in [0, 0.05) is 5.70 Å². The average Bonchev–Trinajstić information content (AvgIpc) is 3.29. The van der Waals surface area contributed by atoms with Gasteiger partial charge in [-0.05, 0) is 54.4 Å². The minimum Gasteiger partial charge on any atom is -0.467 e. The average molecular weight is 364 g/mol. The van der Waals surface area contributed by atoms with Crippen LogP contribution < -0.4 is 5.32 Å². The van der Waals surface area contributed by atoms with E-state index in [9.17, 15) is 4.79 Å². The van der Waals surface area contributed by atoms with Crippen molar-refractivity contribution in [2.75, 3.05) is 0 Å². The highest BCUT2D eigenvalue weighted by Gasteiger charge is 2.41. The number of piperazine rings is 1. The molecule has 4 nitrogen and oxygen atoms in total. The molecule has 2 atom stereocenters. The van der Waals surface area contributed by atoms with E-state index in [-0.39, 0.29) is 18.0 Å². The fraction of sp³-hybridized carbons (Fsp3) is 0.435. The largest absolute Gasteiger partial charge is 0.467 e. The first-order valence-corrected chi connectivity index (χ1v) is 9.88. The quantitative estimate of drug-likeness (QED) is 0.874. The molecule has 1 saturated heterocycles. The molecule has 1 amide bonds. The highest BCUT2D eigenvalue weighted by molar-refractivity contribution is 5.84. The molecule has 27 heavy (non-hydrogen) atoms. The number of amides is 1. The SMILES string of the molecule is C=C1[C@@H](C2Cc3ccccc3C2)NC(=O)[C@@H](CC(C)C)N1Cc1ccco1. The van der Waals surface area contributed by atoms with Crippen molar-refractivity contribution in [1.29, 1.82) is 0 Å². The van der Waals surface area contributed by atoms with Crippen molar-refractivity contribution >= 4 is 5.91 Å². The van der Waals surface area contributed by atoms with E-state index < -0.39 is 0 Å². The zero-order chi connectivity index (χ0) is 19.0. The first-order valence-electron chi connectivity index (χ1n) is 9.88. The number of hydrogen-bond donors (Lipinski definition) is 1. The second-order valence-corrected chi connectivity index (χ2v) is 8.27. The molecule has 1 aromatic carbocycles. The first-order chi connectivity index (χ1) is 13.0. The lowest BCUT2D eigenvalue weighted by atomic mass is 9.88. The van der Waals surface area contributed by atoms with E-state index in [0.717, 1.165) is 30.7 Å². The van der Waals surface area contributed by atoms with Crippen LogP contribution in [0.25, 0.3) is 0 Å². The molecule has 1 fully saturated rings. The van der Waals surface area contributed by atoms with Crippen LogP contribution in [0.5, 0.6) is 0 Å². The standard InChI is InChI=1S/C23H28N2O2/c1-15(2)11-21-23(26)24-22(16(3)25(21)14-20-9-6-10-27-20)19-12-17-7-4-5-8-18(17)13-19/h4-10,15,19,21-22H,3,11-14H2,1-2H3,(H,24,26)/t21-,22+/m1/s1. The van der Waals surface area contributed by atoms with Gasteiger partial charge in [0.2, 0.25) is 5.91 Å². The highest BCUT2D eigenvalue weighted by atomic mass is 16.3. The van der Waals surface area contributed by atoms with Gasteiger partial charge in [0.25, 0.3) is 0 Å². The lowest BCUT2D eigenvalue weighted by Gasteiger charge is -2.44. The van der Waals surface area contributed by atoms with Crippen molar-refractivity contribution in [1.82, 2.24) is 10.2 Å². The summed E-state index contributed by atoms with van der Waals surface area (Å²) in [6.45, 7) is 9.32. The van der Waals surface area contributed by atoms with Crippen LogP contribution in [0.3, 0.4) is 0 Å². The van der Waals surface area contributed by atoms with E-state index in [4.69, 9.17) is 4.42 Å². The van der Waals surface area contributed by atoms with E-state index in [1.807, 2.05) is 12.1 Å². The molecule has 4 heteroatoms. The van der Waals surface area contributed by atoms with Crippen molar-refractivity contribution in [2.45, 2.75) is 51.7 Å². The Hall–Kier alpha value is -2.49. The van der Waals surface area contributed by atoms with Crippen molar-refractivity contribution in [2.24, 2.45) is 11.8 Å². The summed E-state index contributed by atoms with van der Waals surface area (Å²) in [5, 5.41) is 3.30. The molecule has 2 aliphatic rings. The Morgan fingerprint density at radius 3 is 2.48 bits per heavy atom. The third-order valence-electron chi connectivity index (χ3n) is 5.86. The van der Waals surface area contributed by atoms with Crippen LogP contribution in [0.2, 0.25) is 0 Å². The second kappa shape index (κ2) is 7.26. The zero-order valence-electron chi connectivity index (χ0n) is 16.2. The summed E-state index contributed by atoms with van der Waals surface area (Å²) < 4.78 is 5.57. The molecular weight excluding hydrogens is 336 g/mol. The van der Waals surface area contributed by atoms with E-state index in [1.165, 1.54) is 11.1 Å². The van der Waals surface area contributed by atoms with Crippen LogP contribution in [-0.2, 0) is 24.2 Å². The highest BCUT2D eigenvalue weighted by Crippen LogP contribution is 2.35. The number of hydrogen-bond acceptors (Lipinski definition) is 3. The van der Waals surface area contributed by atoms with Crippen LogP contribution in [0.15, 0.2) is 59.4 Å². The summed E-state index contributed by atoms with van der Waals surface area (Å²) in [7, 11) is 0. The molecule has 4 rings (SSSR count). The summed E-state index contributed by atoms with van der Waals surface area (Å²) in [4.78, 5) is 15.2. The van der Waals surface area contributed by atoms with Gasteiger partial charge in [-0.25, -0.2) is 0 Å². The molecule has 142 valence electrons. The van der Waals surface area contributed by atoms with Crippen molar-refractivity contribution in [3.63, 3.8) is 0 Å². The maximum atomic E-state index is 13.0. The van der Waals surface area contributed by atoms with Gasteiger partial charge in [0.1, 0.15) is 11.8 Å². The Morgan fingerprint density at radius 2 is 1.89 bits per heavy atom. The molecule has 1 aliphatic heterocycles. The van der Waals surface area contributed by atoms with Crippen molar-refractivity contribution < 1.29 is 9.21 Å². The summed E-state index contributed by atoms with van der Waals surface area (Å²) in [5.74, 6) is 1.77. The summed E-state index contributed by atoms with van der Waals surface area (Å²) in [5.41, 5.74) is 3.80. The predicted molar refractivity (Wildman–Crippen MR) is 106 cm³/mol. The molecule has 1 N–H and O–H groups in total. The van der Waals surface area contributed by atoms with E-state index in [1.54, 1.807) is 6.26 Å². The Labute approximate surface area is 161 Å². The smallest absolute Gasteiger partial charge is 0.243 e. The lowest BCUT2D eigenvalue weighted by Crippen LogP contribution is -2.60. The van der Waals surface area contributed by atoms with Gasteiger partial charge in [-0.1, -0.05) is 44.7 Å². The molecule has 0 spiro atoms. The Morgan fingerprint density at radius 1 is 1.19 bits per heavy atom. The molecule has 0 saturated carbocycles. The van der Waals surface area contributed by atoms with Gasteiger partial charge in [0.15, 0.2) is 0 Å². The molecular formula is C23H28N2O2. The number of benzene rings is 1. The van der Waals surface area contributed by atoms with Gasteiger partial charge in [-0.15, -0.1) is 0 Å². The number of nitrogens with zero attached hydrogens (tertiary/aromatic N) is 1. The fourth-order valence-electron chi connectivity index (χ4n) is 4.53. The molecule has 0 unspecified atom stereocenters. The van der Waals surface area contributed by atoms with E-state index in [0.29, 0.717) is 18.4 Å². The summed E-state index contributed by atoms with van der Waals surface area (Å²) in [6.07, 6.45) is 4.47. The molecule has 1 aliphatic carbocycles. The van der Waals surface area contributed by atoms with Gasteiger partial charge in [-0.2, -0.15) is 0 Å². The summed E-state index contributed by atoms with van der Waals surface area (Å²) in [6, 6.07) is 12.2. The number of carbonyl (C=O) groups is 1. The second-order valence-electron chi connectivity index (χ2n) is 8.27. The fourth-order valence-corrected chi connectivity index (χ4v) is 4.53. The third-order valence-corrected chi connectivity index (χ3v) is 5.86. The zero-order valence-corrected chi connectivity index (χ0v) is 16.2. The minimum atomic E-state index is -0.192. The van der Waals surface area contributed by atoms with Gasteiger partial charge in [0.05, 0.1) is 18.8 Å². The Kier molecular flexibility index (Phi) is 4.81. The Balaban J connectivity index is 1.58. The number of rotatable bonds is 5. The van der Waals surface area contributed by atoms with Crippen molar-refractivity contribution in [3.8, 4) is 0 Å². The van der Waals surface area contributed by atoms with Gasteiger partial charge in [-0.3, -0.25) is 4.79 Å². The normalized spacial score (nSPS) is 23.0. The van der Waals surface area contributed by atoms with Crippen LogP contribution in [-0.4, -0.2) is 22.9 Å². The van der Waals surface area contributed by atoms with E-state index in [2.05, 4.69) is 54.9 Å². The number of nitrogens with one attached hydrogen (secondary N) is 1. The number of carbonyl (C=O) groups excluding carboxylic acids is 1. The lowest BCUT2D eigenvalue weighted by molar-refractivity contribution is -0.130. The number of furan rings is 1. The minimum absolute atomic E-state index is 0.0247. The summed E-state index contributed by atoms with van der Waals surface area (Å²) >= 11 is 0. The van der Waals surface area contributed by atoms with Crippen molar-refractivity contribution in [3.05, 3.63) is 71.8 Å². The topological polar surface area (TPSA) is 45.5 Å². The maximum absolute atomic E-state index is 13.0. The van der Waals surface area contributed by atoms with E-state index >= 15 is 0 Å². The third kappa shape index (κ3) is 3.53. The van der Waals surface area contributed by atoms with Gasteiger partial charge < -0.3 is 14.6 Å². The molecule has 2 heterocycles. The van der Waals surface area contributed by atoms with Crippen LogP contribution >= 0.6 is 0 Å². The van der Waals surface area contributed by atoms with Gasteiger partial charge >= 0.3 is 0 Å². The van der Waals surface area contributed by atoms with Crippen LogP contribution in [0.4, 0.5) is 0 Å². The molecule has 2 aromatic rings. The Bertz CT molecular complexity index is 800. The monoisotopic (exact) mass is 364 g/mol. The number of fused-ring (bicyclic) bond motifs is 1. The predicted octanol–water partition coefficient (Wildman–Crippen LogP) is 3.92. The molecule has 0 radical (unpaired) electrons.